The fraction of sp³-hybridized carbons (Fsp3) is 0.368. The topological polar surface area (TPSA) is 84.6 Å². The molecule has 1 aliphatic heterocycles. The van der Waals surface area contributed by atoms with E-state index in [0.29, 0.717) is 47.9 Å². The predicted octanol–water partition coefficient (Wildman–Crippen LogP) is 3.01. The molecule has 2 heterocycles. The minimum atomic E-state index is -0.741. The van der Waals surface area contributed by atoms with Gasteiger partial charge in [-0.05, 0) is 37.0 Å². The second-order valence-electron chi connectivity index (χ2n) is 6.15. The van der Waals surface area contributed by atoms with Crippen LogP contribution in [-0.4, -0.2) is 37.4 Å². The molecule has 1 unspecified atom stereocenters. The number of methoxy groups -OCH3 is 1. The smallest absolute Gasteiger partial charge is 0.454 e. The fourth-order valence-corrected chi connectivity index (χ4v) is 3.04. The molecule has 1 fully saturated rings. The van der Waals surface area contributed by atoms with Crippen LogP contribution in [0.5, 0.6) is 11.5 Å². The number of hydrogen-bond acceptors (Lipinski definition) is 6. The van der Waals surface area contributed by atoms with Gasteiger partial charge in [0.25, 0.3) is 0 Å². The van der Waals surface area contributed by atoms with Gasteiger partial charge in [0.2, 0.25) is 0 Å². The molecule has 1 aromatic carbocycles. The number of nitriles is 1. The average Bonchev–Trinajstić information content (AvgIpc) is 3.12. The quantitative estimate of drug-likeness (QED) is 0.805. The van der Waals surface area contributed by atoms with Gasteiger partial charge in [0.05, 0.1) is 19.4 Å². The zero-order chi connectivity index (χ0) is 18.5. The third-order valence-electron chi connectivity index (χ3n) is 4.34. The van der Waals surface area contributed by atoms with Crippen LogP contribution in [0.15, 0.2) is 30.3 Å². The molecule has 1 N–H and O–H groups in total. The second kappa shape index (κ2) is 8.22. The summed E-state index contributed by atoms with van der Waals surface area (Å²) in [6.45, 7) is 2.95. The van der Waals surface area contributed by atoms with Crippen molar-refractivity contribution >= 4 is 7.12 Å². The fourth-order valence-electron chi connectivity index (χ4n) is 3.04. The van der Waals surface area contributed by atoms with Gasteiger partial charge < -0.3 is 19.2 Å². The molecule has 0 amide bonds. The van der Waals surface area contributed by atoms with Crippen LogP contribution in [-0.2, 0) is 4.65 Å². The van der Waals surface area contributed by atoms with Crippen molar-refractivity contribution in [3.8, 4) is 28.8 Å². The van der Waals surface area contributed by atoms with Gasteiger partial charge in [0, 0.05) is 23.8 Å². The Morgan fingerprint density at radius 3 is 2.88 bits per heavy atom. The highest BCUT2D eigenvalue weighted by Gasteiger charge is 2.30. The summed E-state index contributed by atoms with van der Waals surface area (Å²) < 4.78 is 16.4. The van der Waals surface area contributed by atoms with E-state index in [1.165, 1.54) is 0 Å². The highest BCUT2D eigenvalue weighted by molar-refractivity contribution is 6.43. The number of hydrogen-bond donors (Lipinski definition) is 1. The number of benzene rings is 1. The summed E-state index contributed by atoms with van der Waals surface area (Å²) in [7, 11) is 0.814. The molecule has 7 heteroatoms. The average molecular weight is 352 g/mol. The second-order valence-corrected chi connectivity index (χ2v) is 6.15. The zero-order valence-electron chi connectivity index (χ0n) is 14.9. The summed E-state index contributed by atoms with van der Waals surface area (Å²) in [5, 5.41) is 19.3. The van der Waals surface area contributed by atoms with Crippen LogP contribution in [0.25, 0.3) is 11.3 Å². The van der Waals surface area contributed by atoms with Crippen LogP contribution < -0.4 is 9.47 Å². The summed E-state index contributed by atoms with van der Waals surface area (Å²) >= 11 is 0. The maximum Gasteiger partial charge on any atom is 0.454 e. The summed E-state index contributed by atoms with van der Waals surface area (Å²) in [6.07, 6.45) is 1.35. The van der Waals surface area contributed by atoms with E-state index < -0.39 is 7.12 Å². The van der Waals surface area contributed by atoms with Crippen molar-refractivity contribution in [3.05, 3.63) is 41.6 Å². The molecule has 1 aromatic heterocycles. The van der Waals surface area contributed by atoms with Crippen molar-refractivity contribution in [2.24, 2.45) is 0 Å². The van der Waals surface area contributed by atoms with E-state index in [0.717, 1.165) is 12.1 Å². The normalized spacial score (nSPS) is 16.4. The van der Waals surface area contributed by atoms with Crippen molar-refractivity contribution in [3.63, 3.8) is 0 Å². The van der Waals surface area contributed by atoms with Crippen molar-refractivity contribution in [1.82, 2.24) is 4.98 Å². The Bertz CT molecular complexity index is 822. The lowest BCUT2D eigenvalue weighted by Gasteiger charge is -2.15. The molecule has 0 saturated carbocycles. The van der Waals surface area contributed by atoms with Crippen molar-refractivity contribution in [2.75, 3.05) is 20.3 Å². The van der Waals surface area contributed by atoms with E-state index in [1.54, 1.807) is 13.2 Å². The Kier molecular flexibility index (Phi) is 5.76. The molecule has 1 aliphatic rings. The number of aromatic nitrogens is 1. The molecule has 0 radical (unpaired) electrons. The lowest BCUT2D eigenvalue weighted by Crippen LogP contribution is -2.08. The Hall–Kier alpha value is -2.56. The van der Waals surface area contributed by atoms with Crippen LogP contribution in [0.3, 0.4) is 0 Å². The van der Waals surface area contributed by atoms with Crippen LogP contribution in [0.4, 0.5) is 0 Å². The molecule has 26 heavy (non-hydrogen) atoms. The molecule has 1 atom stereocenters. The van der Waals surface area contributed by atoms with Gasteiger partial charge in [-0.15, -0.1) is 0 Å². The maximum absolute atomic E-state index is 9.73. The van der Waals surface area contributed by atoms with Crippen LogP contribution in [0, 0.1) is 11.3 Å². The standard InChI is InChI=1S/C19H21BN2O4/c1-3-9-25-19-15(11-21)14(7-8-18(19)24-2)17-6-4-5-16(22-17)13-10-20(23)26-12-13/h4-8,13,23H,3,9-10,12H2,1-2H3. The van der Waals surface area contributed by atoms with Crippen LogP contribution in [0.2, 0.25) is 6.32 Å². The first kappa shape index (κ1) is 18.2. The molecule has 0 spiro atoms. The maximum atomic E-state index is 9.73. The van der Waals surface area contributed by atoms with Gasteiger partial charge in [0.15, 0.2) is 11.5 Å². The third kappa shape index (κ3) is 3.67. The number of rotatable bonds is 6. The summed E-state index contributed by atoms with van der Waals surface area (Å²) in [5.74, 6) is 1.02. The number of ether oxygens (including phenoxy) is 2. The van der Waals surface area contributed by atoms with Crippen LogP contribution >= 0.6 is 0 Å². The van der Waals surface area contributed by atoms with Gasteiger partial charge in [-0.25, -0.2) is 0 Å². The van der Waals surface area contributed by atoms with E-state index >= 15 is 0 Å². The summed E-state index contributed by atoms with van der Waals surface area (Å²) in [4.78, 5) is 4.71. The molecular formula is C19H21BN2O4. The SMILES string of the molecule is CCCOc1c(OC)ccc(-c2cccc(C3COB(O)C3)n2)c1C#N. The van der Waals surface area contributed by atoms with Crippen molar-refractivity contribution < 1.29 is 19.2 Å². The van der Waals surface area contributed by atoms with Gasteiger partial charge in [-0.3, -0.25) is 4.98 Å². The Morgan fingerprint density at radius 1 is 1.38 bits per heavy atom. The summed E-state index contributed by atoms with van der Waals surface area (Å²) in [6, 6.07) is 11.5. The molecule has 1 saturated heterocycles. The predicted molar refractivity (Wildman–Crippen MR) is 98.2 cm³/mol. The Morgan fingerprint density at radius 2 is 2.23 bits per heavy atom. The van der Waals surface area contributed by atoms with Crippen molar-refractivity contribution in [1.29, 1.82) is 5.26 Å². The zero-order valence-corrected chi connectivity index (χ0v) is 14.9. The Balaban J connectivity index is 2.02. The highest BCUT2D eigenvalue weighted by Crippen LogP contribution is 2.38. The van der Waals surface area contributed by atoms with E-state index in [4.69, 9.17) is 19.1 Å². The van der Waals surface area contributed by atoms with Gasteiger partial charge in [-0.1, -0.05) is 13.0 Å². The molecule has 0 aliphatic carbocycles. The Labute approximate surface area is 153 Å². The molecular weight excluding hydrogens is 331 g/mol. The van der Waals surface area contributed by atoms with E-state index in [-0.39, 0.29) is 5.92 Å². The lowest BCUT2D eigenvalue weighted by molar-refractivity contribution is 0.291. The van der Waals surface area contributed by atoms with Gasteiger partial charge >= 0.3 is 7.12 Å². The number of pyridine rings is 1. The van der Waals surface area contributed by atoms with Gasteiger partial charge in [0.1, 0.15) is 11.6 Å². The highest BCUT2D eigenvalue weighted by atomic mass is 16.5. The minimum absolute atomic E-state index is 0.0459. The molecule has 3 rings (SSSR count). The van der Waals surface area contributed by atoms with Gasteiger partial charge in [-0.2, -0.15) is 5.26 Å². The number of nitrogens with zero attached hydrogens (tertiary/aromatic N) is 2. The first-order chi connectivity index (χ1) is 12.7. The first-order valence-electron chi connectivity index (χ1n) is 8.68. The van der Waals surface area contributed by atoms with E-state index in [2.05, 4.69) is 6.07 Å². The first-order valence-corrected chi connectivity index (χ1v) is 8.68. The molecule has 2 aromatic rings. The lowest BCUT2D eigenvalue weighted by atomic mass is 9.81. The molecule has 0 bridgehead atoms. The molecule has 134 valence electrons. The third-order valence-corrected chi connectivity index (χ3v) is 4.34. The molecule has 6 nitrogen and oxygen atoms in total. The van der Waals surface area contributed by atoms with E-state index in [1.807, 2.05) is 31.2 Å². The summed E-state index contributed by atoms with van der Waals surface area (Å²) in [5.41, 5.74) is 2.63. The minimum Gasteiger partial charge on any atom is -0.493 e. The monoisotopic (exact) mass is 352 g/mol. The van der Waals surface area contributed by atoms with Crippen LogP contribution in [0.1, 0.15) is 30.5 Å². The van der Waals surface area contributed by atoms with Crippen molar-refractivity contribution in [2.45, 2.75) is 25.6 Å². The van der Waals surface area contributed by atoms with E-state index in [9.17, 15) is 10.3 Å². The largest absolute Gasteiger partial charge is 0.493 e.